The molecule has 2 aromatic carbocycles. The maximum absolute atomic E-state index is 13.0. The van der Waals surface area contributed by atoms with Crippen LogP contribution < -0.4 is 5.32 Å². The number of nitrogens with one attached hydrogen (secondary N) is 1. The second-order valence-corrected chi connectivity index (χ2v) is 8.05. The van der Waals surface area contributed by atoms with E-state index >= 15 is 0 Å². The molecule has 32 heavy (non-hydrogen) atoms. The molecular weight excluding hydrogens is 402 g/mol. The number of aromatic nitrogens is 1. The van der Waals surface area contributed by atoms with Crippen molar-refractivity contribution in [3.8, 4) is 0 Å². The van der Waals surface area contributed by atoms with E-state index in [2.05, 4.69) is 28.9 Å². The second kappa shape index (κ2) is 9.64. The van der Waals surface area contributed by atoms with E-state index in [-0.39, 0.29) is 5.57 Å². The summed E-state index contributed by atoms with van der Waals surface area (Å²) in [4.78, 5) is 38.9. The quantitative estimate of drug-likeness (QED) is 0.320. The van der Waals surface area contributed by atoms with Gasteiger partial charge in [-0.25, -0.2) is 4.79 Å². The third kappa shape index (κ3) is 4.49. The van der Waals surface area contributed by atoms with Gasteiger partial charge in [0, 0.05) is 35.8 Å². The zero-order chi connectivity index (χ0) is 22.5. The van der Waals surface area contributed by atoms with Crippen molar-refractivity contribution in [1.82, 2.24) is 14.8 Å². The molecular formula is C26H27N3O3. The van der Waals surface area contributed by atoms with Gasteiger partial charge in [-0.2, -0.15) is 0 Å². The van der Waals surface area contributed by atoms with E-state index < -0.39 is 17.8 Å². The minimum atomic E-state index is -0.648. The predicted octanol–water partition coefficient (Wildman–Crippen LogP) is 4.73. The highest BCUT2D eigenvalue weighted by molar-refractivity contribution is 6.31. The van der Waals surface area contributed by atoms with Gasteiger partial charge < -0.3 is 4.57 Å². The van der Waals surface area contributed by atoms with Crippen molar-refractivity contribution in [3.05, 3.63) is 77.5 Å². The van der Waals surface area contributed by atoms with Crippen LogP contribution in [0, 0.1) is 0 Å². The standard InChI is InChI=1S/C26H27N3O3/c1-2-3-4-10-15-29-25(31)22(24(30)27-26(29)32)16-20-18-28(17-19-11-6-5-7-12-19)23-14-9-8-13-21(20)23/h5-9,11-14,16,18H,2-4,10,15,17H2,1H3,(H,27,30,32)/b22-16-. The van der Waals surface area contributed by atoms with E-state index in [1.54, 1.807) is 6.08 Å². The molecule has 2 heterocycles. The Morgan fingerprint density at radius 1 is 0.906 bits per heavy atom. The molecule has 1 aliphatic rings. The molecule has 0 aliphatic carbocycles. The molecule has 0 atom stereocenters. The Balaban J connectivity index is 1.66. The van der Waals surface area contributed by atoms with Crippen molar-refractivity contribution in [1.29, 1.82) is 0 Å². The van der Waals surface area contributed by atoms with Crippen LogP contribution in [0.1, 0.15) is 43.7 Å². The summed E-state index contributed by atoms with van der Waals surface area (Å²) >= 11 is 0. The molecule has 1 aromatic heterocycles. The molecule has 0 bridgehead atoms. The molecule has 0 spiro atoms. The molecule has 4 amide bonds. The van der Waals surface area contributed by atoms with E-state index in [1.807, 2.05) is 48.7 Å². The minimum absolute atomic E-state index is 0.0114. The molecule has 1 fully saturated rings. The molecule has 1 N–H and O–H groups in total. The third-order valence-corrected chi connectivity index (χ3v) is 5.74. The monoisotopic (exact) mass is 429 g/mol. The average molecular weight is 430 g/mol. The topological polar surface area (TPSA) is 71.4 Å². The Kier molecular flexibility index (Phi) is 6.50. The van der Waals surface area contributed by atoms with Crippen LogP contribution in [0.4, 0.5) is 4.79 Å². The van der Waals surface area contributed by atoms with Crippen molar-refractivity contribution < 1.29 is 14.4 Å². The molecule has 6 heteroatoms. The van der Waals surface area contributed by atoms with Crippen molar-refractivity contribution in [2.75, 3.05) is 6.54 Å². The largest absolute Gasteiger partial charge is 0.342 e. The molecule has 1 saturated heterocycles. The van der Waals surface area contributed by atoms with Crippen LogP contribution >= 0.6 is 0 Å². The first-order valence-electron chi connectivity index (χ1n) is 11.1. The zero-order valence-corrected chi connectivity index (χ0v) is 18.2. The molecule has 0 saturated carbocycles. The number of para-hydroxylation sites is 1. The lowest BCUT2D eigenvalue weighted by Crippen LogP contribution is -2.54. The van der Waals surface area contributed by atoms with E-state index in [1.165, 1.54) is 0 Å². The number of nitrogens with zero attached hydrogens (tertiary/aromatic N) is 2. The summed E-state index contributed by atoms with van der Waals surface area (Å²) in [5.41, 5.74) is 2.93. The second-order valence-electron chi connectivity index (χ2n) is 8.05. The SMILES string of the molecule is CCCCCCN1C(=O)NC(=O)/C(=C/c2cn(Cc3ccccc3)c3ccccc23)C1=O. The van der Waals surface area contributed by atoms with Crippen LogP contribution in [0.5, 0.6) is 0 Å². The number of hydrogen-bond acceptors (Lipinski definition) is 3. The summed E-state index contributed by atoms with van der Waals surface area (Å²) in [5.74, 6) is -1.18. The molecule has 164 valence electrons. The number of rotatable bonds is 8. The molecule has 0 radical (unpaired) electrons. The molecule has 4 rings (SSSR count). The summed E-state index contributed by atoms with van der Waals surface area (Å²) in [6, 6.07) is 17.4. The van der Waals surface area contributed by atoms with Gasteiger partial charge in [0.25, 0.3) is 11.8 Å². The number of hydrogen-bond donors (Lipinski definition) is 1. The maximum Gasteiger partial charge on any atom is 0.331 e. The summed E-state index contributed by atoms with van der Waals surface area (Å²) < 4.78 is 2.11. The lowest BCUT2D eigenvalue weighted by atomic mass is 10.1. The van der Waals surface area contributed by atoms with Crippen LogP contribution in [0.3, 0.4) is 0 Å². The third-order valence-electron chi connectivity index (χ3n) is 5.74. The number of imide groups is 2. The van der Waals surface area contributed by atoms with Gasteiger partial charge in [-0.3, -0.25) is 19.8 Å². The van der Waals surface area contributed by atoms with E-state index in [9.17, 15) is 14.4 Å². The number of barbiturate groups is 1. The number of unbranched alkanes of at least 4 members (excludes halogenated alkanes) is 3. The van der Waals surface area contributed by atoms with Gasteiger partial charge in [0.2, 0.25) is 0 Å². The van der Waals surface area contributed by atoms with Crippen LogP contribution in [0.25, 0.3) is 17.0 Å². The fourth-order valence-corrected chi connectivity index (χ4v) is 4.05. The van der Waals surface area contributed by atoms with E-state index in [0.29, 0.717) is 13.1 Å². The fourth-order valence-electron chi connectivity index (χ4n) is 4.05. The Bertz CT molecular complexity index is 1180. The van der Waals surface area contributed by atoms with Crippen LogP contribution in [-0.4, -0.2) is 33.9 Å². The van der Waals surface area contributed by atoms with Gasteiger partial charge in [0.15, 0.2) is 0 Å². The molecule has 0 unspecified atom stereocenters. The highest BCUT2D eigenvalue weighted by Gasteiger charge is 2.35. The molecule has 1 aliphatic heterocycles. The molecule has 3 aromatic rings. The first kappa shape index (κ1) is 21.6. The van der Waals surface area contributed by atoms with Gasteiger partial charge >= 0.3 is 6.03 Å². The Morgan fingerprint density at radius 3 is 2.44 bits per heavy atom. The molecule has 6 nitrogen and oxygen atoms in total. The van der Waals surface area contributed by atoms with E-state index in [4.69, 9.17) is 0 Å². The van der Waals surface area contributed by atoms with E-state index in [0.717, 1.165) is 52.6 Å². The van der Waals surface area contributed by atoms with Crippen molar-refractivity contribution in [2.24, 2.45) is 0 Å². The lowest BCUT2D eigenvalue weighted by Gasteiger charge is -2.26. The summed E-state index contributed by atoms with van der Waals surface area (Å²) in [5, 5.41) is 3.27. The fraction of sp³-hybridized carbons (Fsp3) is 0.269. The number of benzene rings is 2. The first-order valence-corrected chi connectivity index (χ1v) is 11.1. The Morgan fingerprint density at radius 2 is 1.66 bits per heavy atom. The summed E-state index contributed by atoms with van der Waals surface area (Å²) in [7, 11) is 0. The number of fused-ring (bicyclic) bond motifs is 1. The smallest absolute Gasteiger partial charge is 0.331 e. The lowest BCUT2D eigenvalue weighted by molar-refractivity contribution is -0.130. The number of carbonyl (C=O) groups excluding carboxylic acids is 3. The van der Waals surface area contributed by atoms with Gasteiger partial charge in [0.05, 0.1) is 0 Å². The number of amides is 4. The zero-order valence-electron chi connectivity index (χ0n) is 18.2. The highest BCUT2D eigenvalue weighted by Crippen LogP contribution is 2.26. The van der Waals surface area contributed by atoms with Gasteiger partial charge in [-0.05, 0) is 24.1 Å². The number of urea groups is 1. The normalized spacial score (nSPS) is 15.6. The van der Waals surface area contributed by atoms with Crippen molar-refractivity contribution in [2.45, 2.75) is 39.2 Å². The van der Waals surface area contributed by atoms with Gasteiger partial charge in [-0.1, -0.05) is 74.7 Å². The Hall–Kier alpha value is -3.67. The Labute approximate surface area is 187 Å². The summed E-state index contributed by atoms with van der Waals surface area (Å²) in [6.45, 7) is 3.09. The highest BCUT2D eigenvalue weighted by atomic mass is 16.2. The van der Waals surface area contributed by atoms with Gasteiger partial charge in [0.1, 0.15) is 5.57 Å². The minimum Gasteiger partial charge on any atom is -0.342 e. The van der Waals surface area contributed by atoms with Crippen LogP contribution in [0.15, 0.2) is 66.4 Å². The van der Waals surface area contributed by atoms with Crippen LogP contribution in [0.2, 0.25) is 0 Å². The average Bonchev–Trinajstić information content (AvgIpc) is 3.14. The first-order chi connectivity index (χ1) is 15.6. The van der Waals surface area contributed by atoms with Gasteiger partial charge in [-0.15, -0.1) is 0 Å². The predicted molar refractivity (Wildman–Crippen MR) is 125 cm³/mol. The maximum atomic E-state index is 13.0. The van der Waals surface area contributed by atoms with Crippen molar-refractivity contribution in [3.63, 3.8) is 0 Å². The summed E-state index contributed by atoms with van der Waals surface area (Å²) in [6.07, 6.45) is 7.33. The number of carbonyl (C=O) groups is 3. The van der Waals surface area contributed by atoms with Crippen molar-refractivity contribution >= 4 is 34.8 Å². The van der Waals surface area contributed by atoms with Crippen LogP contribution in [-0.2, 0) is 16.1 Å².